The molecule has 2 aromatic rings. The molecule has 8 N–H and O–H groups in total. The van der Waals surface area contributed by atoms with E-state index in [0.717, 1.165) is 6.42 Å². The lowest BCUT2D eigenvalue weighted by Gasteiger charge is -2.24. The Labute approximate surface area is 204 Å². The first kappa shape index (κ1) is 26.3. The molecule has 0 spiro atoms. The summed E-state index contributed by atoms with van der Waals surface area (Å²) in [4.78, 5) is 74.9. The lowest BCUT2D eigenvalue weighted by atomic mass is 10.1. The number of carboxylic acids is 2. The zero-order valence-electron chi connectivity index (χ0n) is 19.2. The van der Waals surface area contributed by atoms with Crippen LogP contribution >= 0.6 is 0 Å². The number of imidazole rings is 2. The average molecular weight is 505 g/mol. The molecule has 1 aliphatic rings. The van der Waals surface area contributed by atoms with Gasteiger partial charge in [-0.1, -0.05) is 0 Å². The van der Waals surface area contributed by atoms with Crippen LogP contribution in [0.4, 0.5) is 0 Å². The van der Waals surface area contributed by atoms with Crippen LogP contribution in [-0.4, -0.2) is 90.5 Å². The number of amides is 3. The Morgan fingerprint density at radius 1 is 0.889 bits per heavy atom. The predicted molar refractivity (Wildman–Crippen MR) is 121 cm³/mol. The van der Waals surface area contributed by atoms with Gasteiger partial charge in [-0.15, -0.1) is 0 Å². The Balaban J connectivity index is 1.73. The molecule has 1 aliphatic heterocycles. The fourth-order valence-corrected chi connectivity index (χ4v) is 3.75. The number of carbonyl (C=O) groups is 5. The summed E-state index contributed by atoms with van der Waals surface area (Å²) < 4.78 is 0. The standard InChI is InChI=1S/C21H28N8O7/c30-17(31)6-15(28-18(32)13-2-1-3-24-13)20(34)27-14(4-11-7-22-9-25-11)19(33)29-16(21(35)36)5-12-8-23-10-26-12/h7-10,13-16,24H,1-6H2,(H,22,25)(H,23,26)(H,27,34)(H,28,32)(H,29,33)(H,30,31)(H,35,36). The zero-order valence-corrected chi connectivity index (χ0v) is 19.2. The summed E-state index contributed by atoms with van der Waals surface area (Å²) >= 11 is 0. The van der Waals surface area contributed by atoms with Crippen LogP contribution in [-0.2, 0) is 36.8 Å². The van der Waals surface area contributed by atoms with E-state index in [-0.39, 0.29) is 12.8 Å². The van der Waals surface area contributed by atoms with E-state index in [4.69, 9.17) is 0 Å². The highest BCUT2D eigenvalue weighted by Gasteiger charge is 2.33. The highest BCUT2D eigenvalue weighted by atomic mass is 16.4. The van der Waals surface area contributed by atoms with Crippen molar-refractivity contribution in [1.29, 1.82) is 0 Å². The molecule has 4 atom stereocenters. The van der Waals surface area contributed by atoms with E-state index in [1.807, 2.05) is 0 Å². The lowest BCUT2D eigenvalue weighted by Crippen LogP contribution is -2.58. The second kappa shape index (κ2) is 12.4. The van der Waals surface area contributed by atoms with Gasteiger partial charge in [-0.3, -0.25) is 19.2 Å². The summed E-state index contributed by atoms with van der Waals surface area (Å²) in [6, 6.07) is -4.62. The molecule has 15 heteroatoms. The minimum atomic E-state index is -1.45. The smallest absolute Gasteiger partial charge is 0.326 e. The maximum atomic E-state index is 13.1. The van der Waals surface area contributed by atoms with E-state index in [9.17, 15) is 34.2 Å². The molecule has 0 bridgehead atoms. The number of rotatable bonds is 13. The molecular formula is C21H28N8O7. The Hall–Kier alpha value is -4.27. The number of nitrogens with zero attached hydrogens (tertiary/aromatic N) is 2. The Morgan fingerprint density at radius 3 is 1.97 bits per heavy atom. The first-order valence-corrected chi connectivity index (χ1v) is 11.3. The number of nitrogens with one attached hydrogen (secondary N) is 6. The van der Waals surface area contributed by atoms with Gasteiger partial charge in [0.1, 0.15) is 18.1 Å². The van der Waals surface area contributed by atoms with Crippen molar-refractivity contribution < 1.29 is 34.2 Å². The zero-order chi connectivity index (χ0) is 26.1. The molecule has 3 rings (SSSR count). The topological polar surface area (TPSA) is 231 Å². The molecule has 3 heterocycles. The Bertz CT molecular complexity index is 1050. The summed E-state index contributed by atoms with van der Waals surface area (Å²) in [5.41, 5.74) is 0.937. The maximum absolute atomic E-state index is 13.1. The number of hydrogen-bond acceptors (Lipinski definition) is 8. The van der Waals surface area contributed by atoms with Gasteiger partial charge in [0.15, 0.2) is 0 Å². The van der Waals surface area contributed by atoms with Crippen LogP contribution in [0.3, 0.4) is 0 Å². The number of carbonyl (C=O) groups excluding carboxylic acids is 3. The summed E-state index contributed by atoms with van der Waals surface area (Å²) in [5, 5.41) is 29.0. The van der Waals surface area contributed by atoms with Crippen LogP contribution in [0.5, 0.6) is 0 Å². The SMILES string of the molecule is O=C(O)CC(NC(=O)C1CCCN1)C(=O)NC(Cc1cnc[nH]1)C(=O)NC(Cc1cnc[nH]1)C(=O)O. The molecule has 3 amide bonds. The van der Waals surface area contributed by atoms with E-state index < -0.39 is 60.2 Å². The molecule has 1 fully saturated rings. The van der Waals surface area contributed by atoms with Crippen LogP contribution in [0.1, 0.15) is 30.7 Å². The molecule has 1 saturated heterocycles. The van der Waals surface area contributed by atoms with E-state index in [0.29, 0.717) is 24.4 Å². The van der Waals surface area contributed by atoms with Gasteiger partial charge in [-0.2, -0.15) is 0 Å². The van der Waals surface area contributed by atoms with Crippen LogP contribution < -0.4 is 21.3 Å². The van der Waals surface area contributed by atoms with Crippen LogP contribution in [0.15, 0.2) is 25.0 Å². The largest absolute Gasteiger partial charge is 0.481 e. The van der Waals surface area contributed by atoms with E-state index in [1.54, 1.807) is 0 Å². The predicted octanol–water partition coefficient (Wildman–Crippen LogP) is -2.32. The van der Waals surface area contributed by atoms with Gasteiger partial charge in [0.05, 0.1) is 25.1 Å². The van der Waals surface area contributed by atoms with Crippen molar-refractivity contribution >= 4 is 29.7 Å². The summed E-state index contributed by atoms with van der Waals surface area (Å²) in [5.74, 6) is -4.86. The highest BCUT2D eigenvalue weighted by Crippen LogP contribution is 2.07. The maximum Gasteiger partial charge on any atom is 0.326 e. The van der Waals surface area contributed by atoms with Gasteiger partial charge in [0.2, 0.25) is 17.7 Å². The monoisotopic (exact) mass is 504 g/mol. The van der Waals surface area contributed by atoms with Gasteiger partial charge in [-0.05, 0) is 19.4 Å². The van der Waals surface area contributed by atoms with E-state index in [2.05, 4.69) is 41.2 Å². The van der Waals surface area contributed by atoms with Crippen molar-refractivity contribution in [3.8, 4) is 0 Å². The van der Waals surface area contributed by atoms with Gasteiger partial charge < -0.3 is 41.4 Å². The van der Waals surface area contributed by atoms with Crippen LogP contribution in [0.25, 0.3) is 0 Å². The number of hydrogen-bond donors (Lipinski definition) is 8. The summed E-state index contributed by atoms with van der Waals surface area (Å²) in [7, 11) is 0. The molecule has 0 aliphatic carbocycles. The van der Waals surface area contributed by atoms with Crippen molar-refractivity contribution in [2.24, 2.45) is 0 Å². The number of aliphatic carboxylic acids is 2. The van der Waals surface area contributed by atoms with E-state index in [1.165, 1.54) is 25.0 Å². The van der Waals surface area contributed by atoms with Crippen molar-refractivity contribution in [2.75, 3.05) is 6.54 Å². The molecule has 4 unspecified atom stereocenters. The number of aromatic nitrogens is 4. The molecule has 0 radical (unpaired) electrons. The van der Waals surface area contributed by atoms with Crippen LogP contribution in [0.2, 0.25) is 0 Å². The Morgan fingerprint density at radius 2 is 1.47 bits per heavy atom. The minimum absolute atomic E-state index is 0.0854. The third kappa shape index (κ3) is 7.63. The number of carboxylic acid groups (broad SMARTS) is 2. The molecular weight excluding hydrogens is 476 g/mol. The van der Waals surface area contributed by atoms with Gasteiger partial charge in [-0.25, -0.2) is 14.8 Å². The molecule has 36 heavy (non-hydrogen) atoms. The van der Waals surface area contributed by atoms with Crippen LogP contribution in [0, 0.1) is 0 Å². The highest BCUT2D eigenvalue weighted by molar-refractivity contribution is 5.95. The van der Waals surface area contributed by atoms with Crippen molar-refractivity contribution in [1.82, 2.24) is 41.2 Å². The molecule has 0 saturated carbocycles. The average Bonchev–Trinajstić information content (AvgIpc) is 3.61. The number of aromatic amines is 2. The second-order valence-electron chi connectivity index (χ2n) is 8.33. The molecule has 15 nitrogen and oxygen atoms in total. The minimum Gasteiger partial charge on any atom is -0.481 e. The van der Waals surface area contributed by atoms with E-state index >= 15 is 0 Å². The number of H-pyrrole nitrogens is 2. The molecule has 194 valence electrons. The van der Waals surface area contributed by atoms with Crippen molar-refractivity contribution in [3.63, 3.8) is 0 Å². The first-order valence-electron chi connectivity index (χ1n) is 11.3. The van der Waals surface area contributed by atoms with Crippen molar-refractivity contribution in [2.45, 2.75) is 56.3 Å². The third-order valence-corrected chi connectivity index (χ3v) is 5.59. The first-order chi connectivity index (χ1) is 17.2. The fourth-order valence-electron chi connectivity index (χ4n) is 3.75. The van der Waals surface area contributed by atoms with Gasteiger partial charge in [0, 0.05) is 36.6 Å². The summed E-state index contributed by atoms with van der Waals surface area (Å²) in [6.07, 6.45) is 6.01. The van der Waals surface area contributed by atoms with Gasteiger partial charge >= 0.3 is 11.9 Å². The van der Waals surface area contributed by atoms with Crippen molar-refractivity contribution in [3.05, 3.63) is 36.4 Å². The normalized spacial score (nSPS) is 17.5. The third-order valence-electron chi connectivity index (χ3n) is 5.59. The second-order valence-corrected chi connectivity index (χ2v) is 8.33. The molecule has 2 aromatic heterocycles. The fraction of sp³-hybridized carbons (Fsp3) is 0.476. The quantitative estimate of drug-likeness (QED) is 0.145. The lowest BCUT2D eigenvalue weighted by molar-refractivity contribution is -0.143. The summed E-state index contributed by atoms with van der Waals surface area (Å²) in [6.45, 7) is 0.629. The molecule has 0 aromatic carbocycles. The van der Waals surface area contributed by atoms with Gasteiger partial charge in [0.25, 0.3) is 0 Å². The Kier molecular flexibility index (Phi) is 9.10.